The van der Waals surface area contributed by atoms with Crippen LogP contribution in [0.2, 0.25) is 0 Å². The molecular weight excluding hydrogens is 419 g/mol. The van der Waals surface area contributed by atoms with Crippen molar-refractivity contribution >= 4 is 23.2 Å². The number of methoxy groups -OCH3 is 1. The summed E-state index contributed by atoms with van der Waals surface area (Å²) in [6.45, 7) is 3.83. The average molecular weight is 447 g/mol. The molecule has 0 radical (unpaired) electrons. The molecule has 0 saturated heterocycles. The number of nitrogens with zero attached hydrogens (tertiary/aromatic N) is 2. The van der Waals surface area contributed by atoms with Crippen molar-refractivity contribution < 1.29 is 18.7 Å². The van der Waals surface area contributed by atoms with Crippen LogP contribution in [0.5, 0.6) is 5.75 Å². The molecular formula is C27H27FN2O3. The molecule has 2 amide bonds. The van der Waals surface area contributed by atoms with E-state index in [-0.39, 0.29) is 29.6 Å². The monoisotopic (exact) mass is 446 g/mol. The molecule has 2 atom stereocenters. The molecule has 1 heterocycles. The molecule has 1 aliphatic heterocycles. The van der Waals surface area contributed by atoms with Crippen molar-refractivity contribution in [3.8, 4) is 5.75 Å². The second-order valence-corrected chi connectivity index (χ2v) is 8.14. The van der Waals surface area contributed by atoms with E-state index >= 15 is 0 Å². The molecule has 170 valence electrons. The van der Waals surface area contributed by atoms with Crippen LogP contribution in [0.15, 0.2) is 72.8 Å². The summed E-state index contributed by atoms with van der Waals surface area (Å²) >= 11 is 0. The highest BCUT2D eigenvalue weighted by Gasteiger charge is 2.38. The van der Waals surface area contributed by atoms with Gasteiger partial charge < -0.3 is 14.5 Å². The fourth-order valence-corrected chi connectivity index (χ4v) is 4.52. The van der Waals surface area contributed by atoms with Crippen molar-refractivity contribution in [2.45, 2.75) is 38.8 Å². The number of para-hydroxylation sites is 2. The van der Waals surface area contributed by atoms with E-state index in [9.17, 15) is 14.0 Å². The first-order valence-corrected chi connectivity index (χ1v) is 11.1. The molecule has 0 spiro atoms. The maximum Gasteiger partial charge on any atom is 0.258 e. The van der Waals surface area contributed by atoms with Gasteiger partial charge in [-0.25, -0.2) is 4.39 Å². The van der Waals surface area contributed by atoms with Crippen LogP contribution >= 0.6 is 0 Å². The van der Waals surface area contributed by atoms with Gasteiger partial charge in [-0.1, -0.05) is 43.3 Å². The minimum atomic E-state index is -0.516. The third-order valence-corrected chi connectivity index (χ3v) is 6.09. The van der Waals surface area contributed by atoms with E-state index in [4.69, 9.17) is 4.74 Å². The van der Waals surface area contributed by atoms with Gasteiger partial charge >= 0.3 is 0 Å². The van der Waals surface area contributed by atoms with Gasteiger partial charge in [0.1, 0.15) is 0 Å². The molecule has 4 rings (SSSR count). The summed E-state index contributed by atoms with van der Waals surface area (Å²) in [5, 5.41) is 0. The van der Waals surface area contributed by atoms with Gasteiger partial charge in [-0.3, -0.25) is 9.59 Å². The molecule has 0 aliphatic carbocycles. The molecule has 0 unspecified atom stereocenters. The van der Waals surface area contributed by atoms with E-state index in [0.29, 0.717) is 18.4 Å². The molecule has 33 heavy (non-hydrogen) atoms. The Morgan fingerprint density at radius 1 is 1.06 bits per heavy atom. The van der Waals surface area contributed by atoms with Crippen molar-refractivity contribution in [1.82, 2.24) is 0 Å². The SMILES string of the molecule is CCC(=O)N(c1ccccc1)[C@H]1C[C@@H](C)N(C(=O)c2ccc(F)c(OC)c2)c2ccccc21. The fraction of sp³-hybridized carbons (Fsp3) is 0.259. The van der Waals surface area contributed by atoms with Gasteiger partial charge in [0.2, 0.25) is 5.91 Å². The van der Waals surface area contributed by atoms with Crippen LogP contribution < -0.4 is 14.5 Å². The standard InChI is InChI=1S/C27H27FN2O3/c1-4-26(31)30(20-10-6-5-7-11-20)24-16-18(2)29(23-13-9-8-12-21(23)24)27(32)19-14-15-22(28)25(17-19)33-3/h5-15,17-18,24H,4,16H2,1-3H3/t18-,24+/m1/s1. The van der Waals surface area contributed by atoms with Crippen molar-refractivity contribution in [2.75, 3.05) is 16.9 Å². The smallest absolute Gasteiger partial charge is 0.258 e. The minimum absolute atomic E-state index is 0.0243. The Hall–Kier alpha value is -3.67. The highest BCUT2D eigenvalue weighted by Crippen LogP contribution is 2.43. The van der Waals surface area contributed by atoms with Gasteiger partial charge in [0.25, 0.3) is 5.91 Å². The van der Waals surface area contributed by atoms with Crippen molar-refractivity contribution in [1.29, 1.82) is 0 Å². The maximum absolute atomic E-state index is 13.9. The number of amides is 2. The topological polar surface area (TPSA) is 49.9 Å². The van der Waals surface area contributed by atoms with E-state index in [1.54, 1.807) is 4.90 Å². The van der Waals surface area contributed by atoms with Crippen LogP contribution in [0.1, 0.15) is 48.7 Å². The Bertz CT molecular complexity index is 1170. The van der Waals surface area contributed by atoms with Crippen molar-refractivity contribution in [2.24, 2.45) is 0 Å². The molecule has 0 N–H and O–H groups in total. The van der Waals surface area contributed by atoms with Gasteiger partial charge in [0.15, 0.2) is 11.6 Å². The van der Waals surface area contributed by atoms with Gasteiger partial charge in [-0.05, 0) is 55.3 Å². The summed E-state index contributed by atoms with van der Waals surface area (Å²) in [6, 6.07) is 21.0. The quantitative estimate of drug-likeness (QED) is 0.501. The predicted octanol–water partition coefficient (Wildman–Crippen LogP) is 5.76. The lowest BCUT2D eigenvalue weighted by Crippen LogP contribution is -2.47. The Balaban J connectivity index is 1.78. The second kappa shape index (κ2) is 9.45. The van der Waals surface area contributed by atoms with Gasteiger partial charge in [0.05, 0.1) is 13.2 Å². The van der Waals surface area contributed by atoms with Gasteiger partial charge in [-0.2, -0.15) is 0 Å². The van der Waals surface area contributed by atoms with Crippen LogP contribution in [-0.4, -0.2) is 25.0 Å². The molecule has 0 bridgehead atoms. The lowest BCUT2D eigenvalue weighted by Gasteiger charge is -2.43. The number of ether oxygens (including phenoxy) is 1. The van der Waals surface area contributed by atoms with E-state index in [1.807, 2.05) is 73.3 Å². The van der Waals surface area contributed by atoms with E-state index < -0.39 is 5.82 Å². The maximum atomic E-state index is 13.9. The van der Waals surface area contributed by atoms with Crippen LogP contribution in [0.25, 0.3) is 0 Å². The summed E-state index contributed by atoms with van der Waals surface area (Å²) in [5.41, 5.74) is 2.83. The summed E-state index contributed by atoms with van der Waals surface area (Å²) in [6.07, 6.45) is 0.946. The Kier molecular flexibility index (Phi) is 6.45. The highest BCUT2D eigenvalue weighted by molar-refractivity contribution is 6.08. The first-order valence-electron chi connectivity index (χ1n) is 11.1. The summed E-state index contributed by atoms with van der Waals surface area (Å²) in [4.78, 5) is 30.2. The number of hydrogen-bond donors (Lipinski definition) is 0. The molecule has 5 nitrogen and oxygen atoms in total. The first-order chi connectivity index (χ1) is 16.0. The largest absolute Gasteiger partial charge is 0.494 e. The Labute approximate surface area is 193 Å². The van der Waals surface area contributed by atoms with E-state index in [2.05, 4.69) is 0 Å². The minimum Gasteiger partial charge on any atom is -0.494 e. The summed E-state index contributed by atoms with van der Waals surface area (Å²) in [5.74, 6) is -0.700. The molecule has 0 saturated carbocycles. The average Bonchev–Trinajstić information content (AvgIpc) is 2.84. The molecule has 6 heteroatoms. The third kappa shape index (κ3) is 4.21. The van der Waals surface area contributed by atoms with Crippen molar-refractivity contribution in [3.05, 3.63) is 89.7 Å². The number of hydrogen-bond acceptors (Lipinski definition) is 3. The molecule has 3 aromatic carbocycles. The van der Waals surface area contributed by atoms with Crippen LogP contribution in [0.3, 0.4) is 0 Å². The van der Waals surface area contributed by atoms with Crippen LogP contribution in [0.4, 0.5) is 15.8 Å². The lowest BCUT2D eigenvalue weighted by atomic mass is 9.89. The van der Waals surface area contributed by atoms with Crippen molar-refractivity contribution in [3.63, 3.8) is 0 Å². The molecule has 0 aromatic heterocycles. The van der Waals surface area contributed by atoms with Crippen LogP contribution in [0, 0.1) is 5.82 Å². The van der Waals surface area contributed by atoms with E-state index in [0.717, 1.165) is 16.9 Å². The first kappa shape index (κ1) is 22.5. The zero-order chi connectivity index (χ0) is 23.5. The summed E-state index contributed by atoms with van der Waals surface area (Å²) in [7, 11) is 1.37. The van der Waals surface area contributed by atoms with Gasteiger partial charge in [-0.15, -0.1) is 0 Å². The van der Waals surface area contributed by atoms with Gasteiger partial charge in [0, 0.05) is 29.4 Å². The Morgan fingerprint density at radius 2 is 1.76 bits per heavy atom. The molecule has 3 aromatic rings. The summed E-state index contributed by atoms with van der Waals surface area (Å²) < 4.78 is 19.0. The zero-order valence-corrected chi connectivity index (χ0v) is 19.0. The number of rotatable bonds is 5. The Morgan fingerprint density at radius 3 is 2.45 bits per heavy atom. The number of halogens is 1. The number of benzene rings is 3. The molecule has 1 aliphatic rings. The van der Waals surface area contributed by atoms with E-state index in [1.165, 1.54) is 25.3 Å². The highest BCUT2D eigenvalue weighted by atomic mass is 19.1. The number of carbonyl (C=O) groups is 2. The zero-order valence-electron chi connectivity index (χ0n) is 19.0. The number of fused-ring (bicyclic) bond motifs is 1. The fourth-order valence-electron chi connectivity index (χ4n) is 4.52. The lowest BCUT2D eigenvalue weighted by molar-refractivity contribution is -0.118. The molecule has 0 fully saturated rings. The predicted molar refractivity (Wildman–Crippen MR) is 127 cm³/mol. The number of anilines is 2. The number of carbonyl (C=O) groups excluding carboxylic acids is 2. The third-order valence-electron chi connectivity index (χ3n) is 6.09. The second-order valence-electron chi connectivity index (χ2n) is 8.14. The van der Waals surface area contributed by atoms with Crippen LogP contribution in [-0.2, 0) is 4.79 Å². The normalized spacial score (nSPS) is 17.3.